The fraction of sp³-hybridized carbons (Fsp3) is 0.636. The van der Waals surface area contributed by atoms with Gasteiger partial charge in [0.1, 0.15) is 0 Å². The Kier molecular flexibility index (Phi) is 7.61. The van der Waals surface area contributed by atoms with Gasteiger partial charge in [-0.05, 0) is 63.1 Å². The van der Waals surface area contributed by atoms with Crippen molar-refractivity contribution < 1.29 is 9.53 Å². The molecule has 0 bridgehead atoms. The van der Waals surface area contributed by atoms with Crippen LogP contribution in [0.5, 0.6) is 0 Å². The van der Waals surface area contributed by atoms with Crippen LogP contribution in [0.1, 0.15) is 51.1 Å². The van der Waals surface area contributed by atoms with Gasteiger partial charge in [-0.25, -0.2) is 4.79 Å². The topological polar surface area (TPSA) is 78.0 Å². The van der Waals surface area contributed by atoms with Gasteiger partial charge in [-0.3, -0.25) is 4.99 Å². The van der Waals surface area contributed by atoms with E-state index < -0.39 is 0 Å². The third-order valence-corrected chi connectivity index (χ3v) is 5.68. The molecule has 2 unspecified atom stereocenters. The van der Waals surface area contributed by atoms with Crippen LogP contribution >= 0.6 is 0 Å². The van der Waals surface area contributed by atoms with E-state index in [0.29, 0.717) is 19.1 Å². The van der Waals surface area contributed by atoms with E-state index in [1.807, 2.05) is 6.92 Å². The zero-order valence-corrected chi connectivity index (χ0v) is 17.9. The number of nitrogens with one attached hydrogen (secondary N) is 3. The lowest BCUT2D eigenvalue weighted by Crippen LogP contribution is -2.48. The van der Waals surface area contributed by atoms with Crippen molar-refractivity contribution in [1.82, 2.24) is 16.0 Å². The highest BCUT2D eigenvalue weighted by molar-refractivity contribution is 5.80. The zero-order chi connectivity index (χ0) is 20.6. The van der Waals surface area contributed by atoms with E-state index in [1.165, 1.54) is 24.1 Å². The summed E-state index contributed by atoms with van der Waals surface area (Å²) in [6, 6.07) is 8.92. The number of nitrogens with zero attached hydrogens (tertiary/aromatic N) is 2. The van der Waals surface area contributed by atoms with Crippen molar-refractivity contribution in [1.29, 1.82) is 0 Å². The molecule has 7 nitrogen and oxygen atoms in total. The minimum absolute atomic E-state index is 0.0569. The Morgan fingerprint density at radius 1 is 1.28 bits per heavy atom. The normalized spacial score (nSPS) is 18.9. The molecule has 1 amide bonds. The van der Waals surface area contributed by atoms with Crippen LogP contribution in [0, 0.1) is 5.92 Å². The number of hydrogen-bond donors (Lipinski definition) is 3. The molecule has 2 fully saturated rings. The summed E-state index contributed by atoms with van der Waals surface area (Å²) in [5.41, 5.74) is 2.53. The van der Waals surface area contributed by atoms with Gasteiger partial charge in [0.15, 0.2) is 5.96 Å². The van der Waals surface area contributed by atoms with Gasteiger partial charge in [0.25, 0.3) is 0 Å². The van der Waals surface area contributed by atoms with Crippen molar-refractivity contribution in [2.75, 3.05) is 38.2 Å². The minimum atomic E-state index is -0.346. The first kappa shape index (κ1) is 21.3. The number of ether oxygens (including phenoxy) is 1. The zero-order valence-electron chi connectivity index (χ0n) is 17.9. The SMILES string of the molecule is CCOC(=O)NC(CNC(=NC)NC(C)c1cccc(N2CCCC2)c1)C1CC1. The molecule has 7 heteroatoms. The second-order valence-electron chi connectivity index (χ2n) is 7.92. The van der Waals surface area contributed by atoms with E-state index in [9.17, 15) is 4.79 Å². The standard InChI is InChI=1S/C22H35N5O2/c1-4-29-22(28)26-20(17-10-11-17)15-24-21(23-3)25-16(2)18-8-7-9-19(14-18)27-12-5-6-13-27/h7-9,14,16-17,20H,4-6,10-13,15H2,1-3H3,(H,26,28)(H2,23,24,25). The van der Waals surface area contributed by atoms with Crippen molar-refractivity contribution >= 4 is 17.7 Å². The van der Waals surface area contributed by atoms with E-state index >= 15 is 0 Å². The number of amides is 1. The lowest BCUT2D eigenvalue weighted by atomic mass is 10.1. The number of alkyl carbamates (subject to hydrolysis) is 1. The molecule has 3 rings (SSSR count). The van der Waals surface area contributed by atoms with Crippen molar-refractivity contribution in [3.05, 3.63) is 29.8 Å². The Bertz CT molecular complexity index is 698. The van der Waals surface area contributed by atoms with Gasteiger partial charge in [0.2, 0.25) is 0 Å². The van der Waals surface area contributed by atoms with Crippen LogP contribution in [0.2, 0.25) is 0 Å². The fourth-order valence-electron chi connectivity index (χ4n) is 3.81. The summed E-state index contributed by atoms with van der Waals surface area (Å²) in [7, 11) is 1.77. The molecule has 29 heavy (non-hydrogen) atoms. The summed E-state index contributed by atoms with van der Waals surface area (Å²) in [5, 5.41) is 9.81. The number of benzene rings is 1. The van der Waals surface area contributed by atoms with Crippen molar-refractivity contribution in [3.63, 3.8) is 0 Å². The molecule has 1 aromatic carbocycles. The van der Waals surface area contributed by atoms with Gasteiger partial charge >= 0.3 is 6.09 Å². The maximum atomic E-state index is 11.8. The fourth-order valence-corrected chi connectivity index (χ4v) is 3.81. The van der Waals surface area contributed by atoms with Crippen LogP contribution in [-0.4, -0.2) is 51.4 Å². The van der Waals surface area contributed by atoms with Crippen LogP contribution in [0.3, 0.4) is 0 Å². The molecule has 1 heterocycles. The van der Waals surface area contributed by atoms with Crippen molar-refractivity contribution in [2.45, 2.75) is 51.6 Å². The highest BCUT2D eigenvalue weighted by Crippen LogP contribution is 2.32. The predicted octanol–water partition coefficient (Wildman–Crippen LogP) is 3.04. The molecule has 2 atom stereocenters. The molecule has 1 aliphatic carbocycles. The van der Waals surface area contributed by atoms with E-state index in [4.69, 9.17) is 4.74 Å². The molecule has 0 aromatic heterocycles. The first-order valence-electron chi connectivity index (χ1n) is 10.9. The third-order valence-electron chi connectivity index (χ3n) is 5.68. The second kappa shape index (κ2) is 10.4. The molecule has 1 aromatic rings. The summed E-state index contributed by atoms with van der Waals surface area (Å²) in [6.07, 6.45) is 4.49. The molecule has 2 aliphatic rings. The van der Waals surface area contributed by atoms with Gasteiger partial charge in [0.05, 0.1) is 18.7 Å². The van der Waals surface area contributed by atoms with E-state index in [1.54, 1.807) is 7.05 Å². The highest BCUT2D eigenvalue weighted by atomic mass is 16.5. The summed E-state index contributed by atoms with van der Waals surface area (Å²) in [5.74, 6) is 1.25. The third kappa shape index (κ3) is 6.27. The number of guanidine groups is 1. The smallest absolute Gasteiger partial charge is 0.407 e. The quantitative estimate of drug-likeness (QED) is 0.461. The lowest BCUT2D eigenvalue weighted by molar-refractivity contribution is 0.146. The number of carbonyl (C=O) groups excluding carboxylic acids is 1. The summed E-state index contributed by atoms with van der Waals surface area (Å²) in [4.78, 5) is 18.6. The van der Waals surface area contributed by atoms with Crippen LogP contribution in [0.15, 0.2) is 29.3 Å². The van der Waals surface area contributed by atoms with Gasteiger partial charge in [-0.2, -0.15) is 0 Å². The maximum Gasteiger partial charge on any atom is 0.407 e. The lowest BCUT2D eigenvalue weighted by Gasteiger charge is -2.23. The van der Waals surface area contributed by atoms with Crippen molar-refractivity contribution in [2.24, 2.45) is 10.9 Å². The molecular formula is C22H35N5O2. The first-order valence-corrected chi connectivity index (χ1v) is 10.9. The van der Waals surface area contributed by atoms with Gasteiger partial charge < -0.3 is 25.6 Å². The van der Waals surface area contributed by atoms with Crippen LogP contribution in [0.25, 0.3) is 0 Å². The number of carbonyl (C=O) groups is 1. The van der Waals surface area contributed by atoms with Gasteiger partial charge in [-0.1, -0.05) is 12.1 Å². The molecule has 1 aliphatic heterocycles. The van der Waals surface area contributed by atoms with Crippen LogP contribution < -0.4 is 20.9 Å². The second-order valence-corrected chi connectivity index (χ2v) is 7.92. The van der Waals surface area contributed by atoms with Crippen LogP contribution in [-0.2, 0) is 4.74 Å². The molecular weight excluding hydrogens is 366 g/mol. The van der Waals surface area contributed by atoms with Gasteiger partial charge in [0, 0.05) is 32.4 Å². The van der Waals surface area contributed by atoms with Crippen LogP contribution in [0.4, 0.5) is 10.5 Å². The number of hydrogen-bond acceptors (Lipinski definition) is 4. The minimum Gasteiger partial charge on any atom is -0.450 e. The van der Waals surface area contributed by atoms with Gasteiger partial charge in [-0.15, -0.1) is 0 Å². The molecule has 1 saturated heterocycles. The Hall–Kier alpha value is -2.44. The average Bonchev–Trinajstić information content (AvgIpc) is 3.43. The number of anilines is 1. The first-order chi connectivity index (χ1) is 14.1. The van der Waals surface area contributed by atoms with E-state index in [2.05, 4.69) is 57.0 Å². The molecule has 0 radical (unpaired) electrons. The van der Waals surface area contributed by atoms with E-state index in [0.717, 1.165) is 31.9 Å². The maximum absolute atomic E-state index is 11.8. The average molecular weight is 402 g/mol. The summed E-state index contributed by atoms with van der Waals surface area (Å²) < 4.78 is 5.03. The predicted molar refractivity (Wildman–Crippen MR) is 117 cm³/mol. The van der Waals surface area contributed by atoms with E-state index in [-0.39, 0.29) is 18.2 Å². The Balaban J connectivity index is 1.53. The Morgan fingerprint density at radius 3 is 2.69 bits per heavy atom. The molecule has 3 N–H and O–H groups in total. The summed E-state index contributed by atoms with van der Waals surface area (Å²) >= 11 is 0. The molecule has 160 valence electrons. The Morgan fingerprint density at radius 2 is 2.03 bits per heavy atom. The monoisotopic (exact) mass is 401 g/mol. The van der Waals surface area contributed by atoms with Crippen molar-refractivity contribution in [3.8, 4) is 0 Å². The summed E-state index contributed by atoms with van der Waals surface area (Å²) in [6.45, 7) is 7.26. The Labute approximate surface area is 174 Å². The number of aliphatic imine (C=N–C) groups is 1. The molecule has 1 saturated carbocycles. The molecule has 0 spiro atoms. The number of rotatable bonds is 8. The highest BCUT2D eigenvalue weighted by Gasteiger charge is 2.32. The largest absolute Gasteiger partial charge is 0.450 e.